The van der Waals surface area contributed by atoms with E-state index in [0.717, 1.165) is 87.1 Å². The zero-order chi connectivity index (χ0) is 29.1. The number of nitrogens with one attached hydrogen (secondary N) is 2. The molecule has 41 heavy (non-hydrogen) atoms. The Hall–Kier alpha value is -2.98. The maximum absolute atomic E-state index is 11.7. The monoisotopic (exact) mass is 567 g/mol. The summed E-state index contributed by atoms with van der Waals surface area (Å²) in [5, 5.41) is 16.2. The number of imide groups is 1. The molecule has 4 rings (SSSR count). The van der Waals surface area contributed by atoms with E-state index in [9.17, 15) is 14.7 Å². The molecule has 2 heterocycles. The van der Waals surface area contributed by atoms with Crippen LogP contribution in [0.2, 0.25) is 0 Å². The molecule has 1 unspecified atom stereocenters. The van der Waals surface area contributed by atoms with Gasteiger partial charge in [-0.3, -0.25) is 10.1 Å². The quantitative estimate of drug-likeness (QED) is 0.189. The van der Waals surface area contributed by atoms with Crippen molar-refractivity contribution in [1.82, 2.24) is 15.5 Å². The Labute approximate surface area is 243 Å². The standard InChI is InChI=1S/C32H45N3O6/c1-32(2)40-23-27-19-26(13-14-29(27)41-32)28(36)20-33-15-6-3-4-7-16-39-17-8-5-10-24-11-9-12-25(18-24)21-35-22-30(37)34-31(35)38/h9,11-14,18-19,28,33,36H,3-8,10,15-17,20-23H2,1-2H3,(H,34,37,38). The van der Waals surface area contributed by atoms with Gasteiger partial charge in [0.15, 0.2) is 0 Å². The first-order chi connectivity index (χ1) is 19.8. The summed E-state index contributed by atoms with van der Waals surface area (Å²) >= 11 is 0. The van der Waals surface area contributed by atoms with Gasteiger partial charge >= 0.3 is 6.03 Å². The Morgan fingerprint density at radius 2 is 1.80 bits per heavy atom. The minimum atomic E-state index is -0.613. The highest BCUT2D eigenvalue weighted by Gasteiger charge is 2.28. The van der Waals surface area contributed by atoms with E-state index >= 15 is 0 Å². The minimum Gasteiger partial charge on any atom is -0.463 e. The largest absolute Gasteiger partial charge is 0.463 e. The summed E-state index contributed by atoms with van der Waals surface area (Å²) in [6.07, 6.45) is 6.89. The number of hydrogen-bond donors (Lipinski definition) is 3. The second-order valence-corrected chi connectivity index (χ2v) is 11.4. The summed E-state index contributed by atoms with van der Waals surface area (Å²) in [6.45, 7) is 7.83. The van der Waals surface area contributed by atoms with Gasteiger partial charge < -0.3 is 29.5 Å². The Balaban J connectivity index is 0.969. The molecule has 0 aliphatic carbocycles. The molecule has 2 aromatic carbocycles. The average molecular weight is 568 g/mol. The van der Waals surface area contributed by atoms with E-state index in [2.05, 4.69) is 22.8 Å². The van der Waals surface area contributed by atoms with Gasteiger partial charge in [-0.15, -0.1) is 0 Å². The molecule has 1 atom stereocenters. The number of carbonyl (C=O) groups excluding carboxylic acids is 2. The number of amides is 3. The number of benzene rings is 2. The van der Waals surface area contributed by atoms with Crippen molar-refractivity contribution in [1.29, 1.82) is 0 Å². The number of aryl methyl sites for hydroxylation is 1. The fourth-order valence-electron chi connectivity index (χ4n) is 5.08. The second-order valence-electron chi connectivity index (χ2n) is 11.4. The van der Waals surface area contributed by atoms with Gasteiger partial charge in [-0.25, -0.2) is 4.79 Å². The van der Waals surface area contributed by atoms with Crippen molar-refractivity contribution in [2.75, 3.05) is 32.8 Å². The number of carbonyl (C=O) groups is 2. The maximum atomic E-state index is 11.7. The van der Waals surface area contributed by atoms with E-state index in [-0.39, 0.29) is 18.5 Å². The molecule has 1 fully saturated rings. The van der Waals surface area contributed by atoms with Gasteiger partial charge in [-0.2, -0.15) is 0 Å². The Morgan fingerprint density at radius 1 is 1.02 bits per heavy atom. The van der Waals surface area contributed by atoms with Crippen molar-refractivity contribution in [2.45, 2.75) is 83.8 Å². The molecular weight excluding hydrogens is 522 g/mol. The van der Waals surface area contributed by atoms with Crippen LogP contribution >= 0.6 is 0 Å². The first kappa shape index (κ1) is 31.0. The van der Waals surface area contributed by atoms with Crippen LogP contribution in [0.1, 0.15) is 80.7 Å². The number of unbranched alkanes of at least 4 members (excludes halogenated alkanes) is 4. The number of ether oxygens (including phenoxy) is 3. The summed E-state index contributed by atoms with van der Waals surface area (Å²) in [6, 6.07) is 13.7. The van der Waals surface area contributed by atoms with Gasteiger partial charge in [0.1, 0.15) is 12.3 Å². The van der Waals surface area contributed by atoms with Crippen molar-refractivity contribution in [3.05, 3.63) is 64.7 Å². The normalized spacial score (nSPS) is 16.8. The van der Waals surface area contributed by atoms with Crippen molar-refractivity contribution in [3.8, 4) is 5.75 Å². The van der Waals surface area contributed by atoms with Crippen LogP contribution in [-0.2, 0) is 33.8 Å². The molecule has 9 heteroatoms. The van der Waals surface area contributed by atoms with E-state index in [1.807, 2.05) is 44.2 Å². The second kappa shape index (κ2) is 15.3. The van der Waals surface area contributed by atoms with Crippen LogP contribution in [0.15, 0.2) is 42.5 Å². The van der Waals surface area contributed by atoms with E-state index in [0.29, 0.717) is 19.7 Å². The summed E-state index contributed by atoms with van der Waals surface area (Å²) in [5.74, 6) is -0.0331. The molecule has 2 aliphatic heterocycles. The number of hydrogen-bond acceptors (Lipinski definition) is 7. The minimum absolute atomic E-state index is 0.129. The zero-order valence-electron chi connectivity index (χ0n) is 24.5. The highest BCUT2D eigenvalue weighted by atomic mass is 16.7. The summed E-state index contributed by atoms with van der Waals surface area (Å²) in [4.78, 5) is 24.6. The smallest absolute Gasteiger partial charge is 0.324 e. The predicted octanol–water partition coefficient (Wildman–Crippen LogP) is 4.61. The lowest BCUT2D eigenvalue weighted by molar-refractivity contribution is -0.180. The number of aliphatic hydroxyl groups is 1. The number of fused-ring (bicyclic) bond motifs is 1. The third-order valence-corrected chi connectivity index (χ3v) is 7.37. The van der Waals surface area contributed by atoms with Crippen molar-refractivity contribution < 1.29 is 28.9 Å². The molecule has 2 aliphatic rings. The maximum Gasteiger partial charge on any atom is 0.324 e. The number of nitrogens with zero attached hydrogens (tertiary/aromatic N) is 1. The lowest BCUT2D eigenvalue weighted by Gasteiger charge is -2.33. The van der Waals surface area contributed by atoms with Gasteiger partial charge in [0, 0.05) is 45.7 Å². The Morgan fingerprint density at radius 3 is 2.61 bits per heavy atom. The van der Waals surface area contributed by atoms with Crippen LogP contribution in [0.4, 0.5) is 4.79 Å². The molecule has 0 radical (unpaired) electrons. The molecule has 3 N–H and O–H groups in total. The third kappa shape index (κ3) is 10.1. The lowest BCUT2D eigenvalue weighted by Crippen LogP contribution is -2.35. The van der Waals surface area contributed by atoms with E-state index in [4.69, 9.17) is 14.2 Å². The summed E-state index contributed by atoms with van der Waals surface area (Å²) < 4.78 is 17.3. The number of rotatable bonds is 17. The highest BCUT2D eigenvalue weighted by molar-refractivity contribution is 6.01. The van der Waals surface area contributed by atoms with Crippen LogP contribution in [0.3, 0.4) is 0 Å². The first-order valence-electron chi connectivity index (χ1n) is 14.9. The number of aliphatic hydroxyl groups excluding tert-OH is 1. The molecule has 0 spiro atoms. The number of urea groups is 1. The molecule has 0 bridgehead atoms. The van der Waals surface area contributed by atoms with Crippen LogP contribution in [0, 0.1) is 0 Å². The van der Waals surface area contributed by atoms with Crippen molar-refractivity contribution in [2.24, 2.45) is 0 Å². The first-order valence-corrected chi connectivity index (χ1v) is 14.9. The van der Waals surface area contributed by atoms with Gasteiger partial charge in [0.05, 0.1) is 12.7 Å². The Kier molecular flexibility index (Phi) is 11.6. The van der Waals surface area contributed by atoms with Crippen molar-refractivity contribution in [3.63, 3.8) is 0 Å². The predicted molar refractivity (Wildman–Crippen MR) is 156 cm³/mol. The van der Waals surface area contributed by atoms with Crippen LogP contribution in [-0.4, -0.2) is 60.6 Å². The topological polar surface area (TPSA) is 109 Å². The summed E-state index contributed by atoms with van der Waals surface area (Å²) in [5.41, 5.74) is 4.13. The molecule has 3 amide bonds. The van der Waals surface area contributed by atoms with Gasteiger partial charge in [0.25, 0.3) is 0 Å². The SMILES string of the molecule is CC1(C)OCc2cc(C(O)CNCCCCCCOCCCCc3cccc(CN4CC(=O)NC4=O)c3)ccc2O1. The molecule has 1 saturated heterocycles. The van der Waals surface area contributed by atoms with E-state index in [1.165, 1.54) is 10.5 Å². The fraction of sp³-hybridized carbons (Fsp3) is 0.562. The molecule has 9 nitrogen and oxygen atoms in total. The van der Waals surface area contributed by atoms with E-state index < -0.39 is 11.9 Å². The molecule has 2 aromatic rings. The lowest BCUT2D eigenvalue weighted by atomic mass is 10.0. The Bertz CT molecular complexity index is 1150. The van der Waals surface area contributed by atoms with Crippen LogP contribution in [0.5, 0.6) is 5.75 Å². The zero-order valence-corrected chi connectivity index (χ0v) is 24.5. The fourth-order valence-corrected chi connectivity index (χ4v) is 5.08. The molecular formula is C32H45N3O6. The summed E-state index contributed by atoms with van der Waals surface area (Å²) in [7, 11) is 0. The third-order valence-electron chi connectivity index (χ3n) is 7.37. The van der Waals surface area contributed by atoms with Crippen LogP contribution < -0.4 is 15.4 Å². The van der Waals surface area contributed by atoms with Gasteiger partial charge in [-0.1, -0.05) is 43.2 Å². The van der Waals surface area contributed by atoms with Crippen molar-refractivity contribution >= 4 is 11.9 Å². The van der Waals surface area contributed by atoms with Crippen LogP contribution in [0.25, 0.3) is 0 Å². The van der Waals surface area contributed by atoms with E-state index in [1.54, 1.807) is 0 Å². The highest BCUT2D eigenvalue weighted by Crippen LogP contribution is 2.32. The molecule has 0 saturated carbocycles. The van der Waals surface area contributed by atoms with Gasteiger partial charge in [-0.05, 0) is 67.5 Å². The van der Waals surface area contributed by atoms with Gasteiger partial charge in [0.2, 0.25) is 11.7 Å². The molecule has 224 valence electrons. The molecule has 0 aromatic heterocycles. The average Bonchev–Trinajstić information content (AvgIpc) is 3.26.